The molecule has 118 valence electrons. The van der Waals surface area contributed by atoms with Gasteiger partial charge in [0.05, 0.1) is 21.3 Å². The molecule has 2 heterocycles. The fraction of sp³-hybridized carbons (Fsp3) is 0.471. The number of aromatic nitrogens is 2. The van der Waals surface area contributed by atoms with Crippen LogP contribution in [0.2, 0.25) is 0 Å². The van der Waals surface area contributed by atoms with Crippen LogP contribution in [0.15, 0.2) is 18.2 Å². The number of rotatable bonds is 3. The zero-order valence-corrected chi connectivity index (χ0v) is 14.0. The summed E-state index contributed by atoms with van der Waals surface area (Å²) in [6, 6.07) is 6.25. The summed E-state index contributed by atoms with van der Waals surface area (Å²) in [6.07, 6.45) is 2.18. The number of nitrogens with zero attached hydrogens (tertiary/aromatic N) is 3. The van der Waals surface area contributed by atoms with Crippen molar-refractivity contribution in [1.29, 1.82) is 0 Å². The number of anilines is 2. The Morgan fingerprint density at radius 3 is 2.59 bits per heavy atom. The van der Waals surface area contributed by atoms with Crippen molar-refractivity contribution >= 4 is 11.5 Å². The van der Waals surface area contributed by atoms with Gasteiger partial charge in [0.2, 0.25) is 0 Å². The minimum atomic E-state index is 0.897. The number of hydrogen-bond acceptors (Lipinski definition) is 3. The molecule has 0 bridgehead atoms. The lowest BCUT2D eigenvalue weighted by Crippen LogP contribution is -2.39. The van der Waals surface area contributed by atoms with Crippen LogP contribution in [0.4, 0.5) is 11.5 Å². The van der Waals surface area contributed by atoms with E-state index in [0.29, 0.717) is 0 Å². The zero-order chi connectivity index (χ0) is 15.9. The summed E-state index contributed by atoms with van der Waals surface area (Å²) in [5.74, 6) is 3.07. The van der Waals surface area contributed by atoms with E-state index in [1.807, 2.05) is 13.1 Å². The van der Waals surface area contributed by atoms with Crippen LogP contribution in [0.3, 0.4) is 0 Å². The lowest BCUT2D eigenvalue weighted by molar-refractivity contribution is -0.753. The Bertz CT molecular complexity index is 706. The molecule has 5 nitrogen and oxygen atoms in total. The minimum absolute atomic E-state index is 0.897. The molecule has 0 radical (unpaired) electrons. The van der Waals surface area contributed by atoms with Crippen LogP contribution in [0, 0.1) is 6.92 Å². The Hall–Kier alpha value is -2.17. The molecule has 2 aromatic rings. The molecule has 0 unspecified atom stereocenters. The summed E-state index contributed by atoms with van der Waals surface area (Å²) in [6.45, 7) is 3.15. The number of aryl methyl sites for hydroxylation is 1. The molecule has 0 spiro atoms. The van der Waals surface area contributed by atoms with Gasteiger partial charge in [0, 0.05) is 12.2 Å². The zero-order valence-electron chi connectivity index (χ0n) is 14.0. The standard InChI is InChI=1S/C17H24N3O2/c1-12-11-13(21-4)8-9-15(12)20-10-6-7-14-16(20)18(2)19(3)17(14)22-5/h8-9,11H,6-7,10H2,1-5H3/q+1. The van der Waals surface area contributed by atoms with E-state index >= 15 is 0 Å². The average Bonchev–Trinajstić information content (AvgIpc) is 2.78. The summed E-state index contributed by atoms with van der Waals surface area (Å²) >= 11 is 0. The van der Waals surface area contributed by atoms with Gasteiger partial charge in [0.1, 0.15) is 11.3 Å². The molecule has 0 saturated heterocycles. The van der Waals surface area contributed by atoms with Crippen LogP contribution < -0.4 is 19.1 Å². The van der Waals surface area contributed by atoms with Gasteiger partial charge < -0.3 is 14.4 Å². The maximum atomic E-state index is 5.61. The molecule has 5 heteroatoms. The van der Waals surface area contributed by atoms with E-state index in [2.05, 4.69) is 40.4 Å². The van der Waals surface area contributed by atoms with E-state index in [9.17, 15) is 0 Å². The highest BCUT2D eigenvalue weighted by Gasteiger charge is 2.34. The molecule has 1 aliphatic heterocycles. The summed E-state index contributed by atoms with van der Waals surface area (Å²) < 4.78 is 15.2. The van der Waals surface area contributed by atoms with Crippen molar-refractivity contribution in [2.24, 2.45) is 14.1 Å². The topological polar surface area (TPSA) is 30.5 Å². The normalized spacial score (nSPS) is 14.0. The van der Waals surface area contributed by atoms with Crippen molar-refractivity contribution in [3.05, 3.63) is 29.3 Å². The molecule has 0 fully saturated rings. The van der Waals surface area contributed by atoms with Crippen molar-refractivity contribution < 1.29 is 14.2 Å². The maximum absolute atomic E-state index is 5.61. The van der Waals surface area contributed by atoms with Gasteiger partial charge in [-0.1, -0.05) is 4.68 Å². The molecule has 0 aliphatic carbocycles. The molecule has 22 heavy (non-hydrogen) atoms. The SMILES string of the molecule is COc1ccc(N2CCCc3c2n(C)[n+](C)c3OC)c(C)c1. The van der Waals surface area contributed by atoms with Crippen LogP contribution in [0.1, 0.15) is 17.5 Å². The highest BCUT2D eigenvalue weighted by molar-refractivity contribution is 5.69. The predicted molar refractivity (Wildman–Crippen MR) is 86.2 cm³/mol. The first kappa shape index (κ1) is 14.8. The first-order valence-corrected chi connectivity index (χ1v) is 7.62. The van der Waals surface area contributed by atoms with Crippen LogP contribution >= 0.6 is 0 Å². The van der Waals surface area contributed by atoms with E-state index in [1.54, 1.807) is 14.2 Å². The highest BCUT2D eigenvalue weighted by atomic mass is 16.5. The van der Waals surface area contributed by atoms with Gasteiger partial charge in [-0.05, 0) is 43.5 Å². The smallest absolute Gasteiger partial charge is 0.398 e. The summed E-state index contributed by atoms with van der Waals surface area (Å²) in [5.41, 5.74) is 3.73. The summed E-state index contributed by atoms with van der Waals surface area (Å²) in [5, 5.41) is 0. The van der Waals surface area contributed by atoms with E-state index in [0.717, 1.165) is 31.0 Å². The fourth-order valence-electron chi connectivity index (χ4n) is 3.39. The molecule has 0 N–H and O–H groups in total. The lowest BCUT2D eigenvalue weighted by Gasteiger charge is -2.29. The number of methoxy groups -OCH3 is 2. The first-order valence-electron chi connectivity index (χ1n) is 7.62. The molecule has 1 aliphatic rings. The van der Waals surface area contributed by atoms with Gasteiger partial charge >= 0.3 is 5.88 Å². The van der Waals surface area contributed by atoms with Gasteiger partial charge in [0.25, 0.3) is 0 Å². The first-order chi connectivity index (χ1) is 10.6. The Balaban J connectivity index is 2.13. The Kier molecular flexibility index (Phi) is 3.72. The molecule has 0 atom stereocenters. The van der Waals surface area contributed by atoms with E-state index < -0.39 is 0 Å². The van der Waals surface area contributed by atoms with Crippen molar-refractivity contribution in [1.82, 2.24) is 4.68 Å². The number of hydrogen-bond donors (Lipinski definition) is 0. The van der Waals surface area contributed by atoms with Crippen molar-refractivity contribution in [3.8, 4) is 11.6 Å². The van der Waals surface area contributed by atoms with Crippen LogP contribution in [-0.2, 0) is 20.5 Å². The number of ether oxygens (including phenoxy) is 2. The summed E-state index contributed by atoms with van der Waals surface area (Å²) in [4.78, 5) is 2.39. The monoisotopic (exact) mass is 302 g/mol. The Labute approximate surface area is 131 Å². The second-order valence-electron chi connectivity index (χ2n) is 5.77. The third kappa shape index (κ3) is 2.12. The molecule has 1 aromatic carbocycles. The van der Waals surface area contributed by atoms with Crippen LogP contribution in [-0.4, -0.2) is 25.4 Å². The van der Waals surface area contributed by atoms with Crippen molar-refractivity contribution in [2.45, 2.75) is 19.8 Å². The largest absolute Gasteiger partial charge is 0.497 e. The van der Waals surface area contributed by atoms with E-state index in [1.165, 1.54) is 22.6 Å². The number of benzene rings is 1. The quantitative estimate of drug-likeness (QED) is 0.815. The van der Waals surface area contributed by atoms with Gasteiger partial charge in [-0.15, -0.1) is 4.68 Å². The average molecular weight is 302 g/mol. The maximum Gasteiger partial charge on any atom is 0.398 e. The second kappa shape index (κ2) is 5.55. The molecule has 1 aromatic heterocycles. The van der Waals surface area contributed by atoms with Crippen molar-refractivity contribution in [2.75, 3.05) is 25.7 Å². The summed E-state index contributed by atoms with van der Waals surface area (Å²) in [7, 11) is 7.57. The Morgan fingerprint density at radius 2 is 1.95 bits per heavy atom. The fourth-order valence-corrected chi connectivity index (χ4v) is 3.39. The van der Waals surface area contributed by atoms with Crippen molar-refractivity contribution in [3.63, 3.8) is 0 Å². The lowest BCUT2D eigenvalue weighted by atomic mass is 10.0. The van der Waals surface area contributed by atoms with E-state index in [4.69, 9.17) is 9.47 Å². The molecular formula is C17H24N3O2+. The van der Waals surface area contributed by atoms with Crippen LogP contribution in [0.5, 0.6) is 11.6 Å². The highest BCUT2D eigenvalue weighted by Crippen LogP contribution is 2.38. The molecule has 0 amide bonds. The van der Waals surface area contributed by atoms with Gasteiger partial charge in [-0.3, -0.25) is 0 Å². The van der Waals surface area contributed by atoms with Gasteiger partial charge in [-0.25, -0.2) is 0 Å². The minimum Gasteiger partial charge on any atom is -0.497 e. The van der Waals surface area contributed by atoms with Gasteiger partial charge in [0.15, 0.2) is 12.9 Å². The second-order valence-corrected chi connectivity index (χ2v) is 5.77. The molecular weight excluding hydrogens is 278 g/mol. The number of fused-ring (bicyclic) bond motifs is 1. The predicted octanol–water partition coefficient (Wildman–Crippen LogP) is 2.26. The Morgan fingerprint density at radius 1 is 1.18 bits per heavy atom. The molecule has 3 rings (SSSR count). The van der Waals surface area contributed by atoms with Crippen LogP contribution in [0.25, 0.3) is 0 Å². The third-order valence-electron chi connectivity index (χ3n) is 4.53. The third-order valence-corrected chi connectivity index (χ3v) is 4.53. The van der Waals surface area contributed by atoms with Gasteiger partial charge in [-0.2, -0.15) is 0 Å². The van der Waals surface area contributed by atoms with E-state index in [-0.39, 0.29) is 0 Å². The molecule has 0 saturated carbocycles.